The zero-order chi connectivity index (χ0) is 17.7. The summed E-state index contributed by atoms with van der Waals surface area (Å²) in [5.41, 5.74) is 0.476. The molecule has 0 radical (unpaired) electrons. The Hall–Kier alpha value is -2.16. The molecule has 0 spiro atoms. The number of carbonyl (C=O) groups excluding carboxylic acids is 1. The molecule has 1 aromatic carbocycles. The van der Waals surface area contributed by atoms with Crippen LogP contribution in [0.1, 0.15) is 18.6 Å². The lowest BCUT2D eigenvalue weighted by molar-refractivity contribution is -0.878. The second-order valence-corrected chi connectivity index (χ2v) is 7.88. The molecule has 1 amide bonds. The Morgan fingerprint density at radius 2 is 1.96 bits per heavy atom. The van der Waals surface area contributed by atoms with Crippen molar-refractivity contribution in [2.45, 2.75) is 24.3 Å². The van der Waals surface area contributed by atoms with E-state index >= 15 is 0 Å². The summed E-state index contributed by atoms with van der Waals surface area (Å²) < 4.78 is 32.3. The molecule has 3 rings (SSSR count). The van der Waals surface area contributed by atoms with Crippen LogP contribution < -0.4 is 14.9 Å². The lowest BCUT2D eigenvalue weighted by atomic mass is 10.3. The molecule has 1 aromatic heterocycles. The van der Waals surface area contributed by atoms with Gasteiger partial charge in [0.25, 0.3) is 5.91 Å². The molecule has 7 nitrogen and oxygen atoms in total. The van der Waals surface area contributed by atoms with E-state index in [2.05, 4.69) is 10.0 Å². The molecule has 1 fully saturated rings. The Kier molecular flexibility index (Phi) is 5.52. The molecule has 8 heteroatoms. The molecule has 2 aromatic rings. The molecule has 0 atom stereocenters. The van der Waals surface area contributed by atoms with Gasteiger partial charge in [-0.05, 0) is 30.3 Å². The number of anilines is 1. The van der Waals surface area contributed by atoms with Crippen LogP contribution in [0.25, 0.3) is 0 Å². The van der Waals surface area contributed by atoms with Crippen LogP contribution in [-0.2, 0) is 21.4 Å². The summed E-state index contributed by atoms with van der Waals surface area (Å²) in [6, 6.07) is 9.64. The van der Waals surface area contributed by atoms with Crippen molar-refractivity contribution < 1.29 is 22.5 Å². The summed E-state index contributed by atoms with van der Waals surface area (Å²) in [7, 11) is -3.68. The van der Waals surface area contributed by atoms with Crippen molar-refractivity contribution in [3.8, 4) is 0 Å². The fraction of sp³-hybridized carbons (Fsp3) is 0.353. The number of furan rings is 1. The van der Waals surface area contributed by atoms with Crippen LogP contribution in [0, 0.1) is 0 Å². The van der Waals surface area contributed by atoms with Crippen molar-refractivity contribution >= 4 is 21.6 Å². The lowest BCUT2D eigenvalue weighted by Gasteiger charge is -2.12. The maximum atomic E-state index is 12.4. The van der Waals surface area contributed by atoms with Gasteiger partial charge < -0.3 is 14.6 Å². The number of benzene rings is 1. The van der Waals surface area contributed by atoms with Crippen molar-refractivity contribution in [2.24, 2.45) is 0 Å². The Morgan fingerprint density at radius 3 is 2.68 bits per heavy atom. The van der Waals surface area contributed by atoms with Gasteiger partial charge in [0.2, 0.25) is 10.0 Å². The fourth-order valence-electron chi connectivity index (χ4n) is 2.89. The van der Waals surface area contributed by atoms with Crippen molar-refractivity contribution in [3.05, 3.63) is 48.4 Å². The highest BCUT2D eigenvalue weighted by Crippen LogP contribution is 2.16. The zero-order valence-electron chi connectivity index (χ0n) is 13.8. The smallest absolute Gasteiger partial charge is 0.279 e. The molecule has 0 saturated carbocycles. The van der Waals surface area contributed by atoms with E-state index in [9.17, 15) is 13.2 Å². The molecule has 25 heavy (non-hydrogen) atoms. The van der Waals surface area contributed by atoms with E-state index in [0.717, 1.165) is 25.9 Å². The van der Waals surface area contributed by atoms with Crippen LogP contribution >= 0.6 is 0 Å². The number of quaternary nitrogens is 1. The van der Waals surface area contributed by atoms with E-state index in [4.69, 9.17) is 4.42 Å². The third kappa shape index (κ3) is 4.91. The summed E-state index contributed by atoms with van der Waals surface area (Å²) in [6.45, 7) is 2.51. The van der Waals surface area contributed by atoms with Crippen molar-refractivity contribution in [3.63, 3.8) is 0 Å². The number of carbonyl (C=O) groups is 1. The quantitative estimate of drug-likeness (QED) is 0.662. The Labute approximate surface area is 147 Å². The van der Waals surface area contributed by atoms with Crippen LogP contribution in [0.3, 0.4) is 0 Å². The number of rotatable bonds is 7. The Balaban J connectivity index is 1.62. The predicted molar refractivity (Wildman–Crippen MR) is 92.6 cm³/mol. The van der Waals surface area contributed by atoms with Crippen LogP contribution in [0.15, 0.2) is 52.0 Å². The minimum Gasteiger partial charge on any atom is -0.468 e. The fourth-order valence-corrected chi connectivity index (χ4v) is 3.93. The van der Waals surface area contributed by atoms with Gasteiger partial charge in [-0.2, -0.15) is 0 Å². The average Bonchev–Trinajstić information content (AvgIpc) is 3.27. The number of nitrogens with one attached hydrogen (secondary N) is 3. The maximum Gasteiger partial charge on any atom is 0.279 e. The number of hydrogen-bond donors (Lipinski definition) is 3. The second-order valence-electron chi connectivity index (χ2n) is 6.11. The first-order valence-electron chi connectivity index (χ1n) is 8.28. The summed E-state index contributed by atoms with van der Waals surface area (Å²) in [5, 5.41) is 2.78. The van der Waals surface area contributed by atoms with Crippen LogP contribution in [0.2, 0.25) is 0 Å². The SMILES string of the molecule is O=C(C[NH+]1CCCC1)Nc1cccc(S(=O)(=O)NCc2ccco2)c1. The van der Waals surface area contributed by atoms with Gasteiger partial charge in [0.15, 0.2) is 6.54 Å². The second kappa shape index (κ2) is 7.81. The molecular formula is C17H22N3O4S+. The van der Waals surface area contributed by atoms with Gasteiger partial charge >= 0.3 is 0 Å². The average molecular weight is 364 g/mol. The maximum absolute atomic E-state index is 12.4. The number of amides is 1. The van der Waals surface area contributed by atoms with Crippen LogP contribution in [0.4, 0.5) is 5.69 Å². The molecule has 1 saturated heterocycles. The first-order chi connectivity index (χ1) is 12.0. The van der Waals surface area contributed by atoms with Crippen molar-refractivity contribution in [2.75, 3.05) is 25.0 Å². The third-order valence-electron chi connectivity index (χ3n) is 4.17. The van der Waals surface area contributed by atoms with Gasteiger partial charge in [-0.25, -0.2) is 13.1 Å². The van der Waals surface area contributed by atoms with Crippen LogP contribution in [0.5, 0.6) is 0 Å². The van der Waals surface area contributed by atoms with Gasteiger partial charge in [-0.3, -0.25) is 4.79 Å². The molecule has 0 unspecified atom stereocenters. The zero-order valence-corrected chi connectivity index (χ0v) is 14.6. The van der Waals surface area contributed by atoms with E-state index in [-0.39, 0.29) is 17.3 Å². The van der Waals surface area contributed by atoms with Gasteiger partial charge in [-0.15, -0.1) is 0 Å². The summed E-state index contributed by atoms with van der Waals surface area (Å²) >= 11 is 0. The molecule has 3 N–H and O–H groups in total. The topological polar surface area (TPSA) is 92.9 Å². The largest absolute Gasteiger partial charge is 0.468 e. The molecule has 0 aliphatic carbocycles. The number of sulfonamides is 1. The molecule has 2 heterocycles. The van der Waals surface area contributed by atoms with E-state index in [0.29, 0.717) is 18.0 Å². The molecule has 0 bridgehead atoms. The molecule has 1 aliphatic rings. The van der Waals surface area contributed by atoms with Gasteiger partial charge in [0, 0.05) is 18.5 Å². The Morgan fingerprint density at radius 1 is 1.16 bits per heavy atom. The van der Waals surface area contributed by atoms with E-state index in [1.54, 1.807) is 24.3 Å². The Bertz CT molecular complexity index is 812. The summed E-state index contributed by atoms with van der Waals surface area (Å²) in [4.78, 5) is 13.5. The number of likely N-dealkylation sites (tertiary alicyclic amines) is 1. The normalized spacial score (nSPS) is 15.4. The molecular weight excluding hydrogens is 342 g/mol. The van der Waals surface area contributed by atoms with Gasteiger partial charge in [-0.1, -0.05) is 6.07 Å². The van der Waals surface area contributed by atoms with Gasteiger partial charge in [0.05, 0.1) is 30.8 Å². The standard InChI is InChI=1S/C17H21N3O4S/c21-17(13-20-8-1-2-9-20)19-14-5-3-7-16(11-14)25(22,23)18-12-15-6-4-10-24-15/h3-7,10-11,18H,1-2,8-9,12-13H2,(H,19,21)/p+1. The number of hydrogen-bond acceptors (Lipinski definition) is 4. The van der Waals surface area contributed by atoms with Crippen LogP contribution in [-0.4, -0.2) is 34.0 Å². The van der Waals surface area contributed by atoms with E-state index in [1.807, 2.05) is 0 Å². The van der Waals surface area contributed by atoms with Crippen molar-refractivity contribution in [1.82, 2.24) is 4.72 Å². The monoisotopic (exact) mass is 364 g/mol. The minimum absolute atomic E-state index is 0.0737. The highest BCUT2D eigenvalue weighted by molar-refractivity contribution is 7.89. The van der Waals surface area contributed by atoms with Gasteiger partial charge in [0.1, 0.15) is 5.76 Å². The van der Waals surface area contributed by atoms with E-state index in [1.165, 1.54) is 23.3 Å². The first-order valence-corrected chi connectivity index (χ1v) is 9.77. The van der Waals surface area contributed by atoms with Crippen molar-refractivity contribution in [1.29, 1.82) is 0 Å². The minimum atomic E-state index is -3.68. The third-order valence-corrected chi connectivity index (χ3v) is 5.56. The molecule has 134 valence electrons. The highest BCUT2D eigenvalue weighted by Gasteiger charge is 2.20. The molecule has 1 aliphatic heterocycles. The van der Waals surface area contributed by atoms with E-state index < -0.39 is 10.0 Å². The highest BCUT2D eigenvalue weighted by atomic mass is 32.2. The summed E-state index contributed by atoms with van der Waals surface area (Å²) in [5.74, 6) is 0.427. The summed E-state index contributed by atoms with van der Waals surface area (Å²) in [6.07, 6.45) is 3.79. The lowest BCUT2D eigenvalue weighted by Crippen LogP contribution is -3.11. The first kappa shape index (κ1) is 17.7. The predicted octanol–water partition coefficient (Wildman–Crippen LogP) is 0.375.